The van der Waals surface area contributed by atoms with Gasteiger partial charge in [-0.1, -0.05) is 12.8 Å². The Bertz CT molecular complexity index is 548. The molecule has 1 aliphatic heterocycles. The molecule has 6 nitrogen and oxygen atoms in total. The molecule has 0 unspecified atom stereocenters. The summed E-state index contributed by atoms with van der Waals surface area (Å²) in [5.41, 5.74) is 5.79. The molecule has 1 atom stereocenters. The highest BCUT2D eigenvalue weighted by atomic mass is 16.2. The number of carbonyl (C=O) groups is 2. The summed E-state index contributed by atoms with van der Waals surface area (Å²) in [5, 5.41) is 4.49. The third-order valence-corrected chi connectivity index (χ3v) is 4.82. The fourth-order valence-electron chi connectivity index (χ4n) is 3.69. The molecule has 0 bridgehead atoms. The highest BCUT2D eigenvalue weighted by molar-refractivity contribution is 5.92. The molecule has 3 rings (SSSR count). The zero-order valence-corrected chi connectivity index (χ0v) is 12.9. The minimum absolute atomic E-state index is 0.0223. The Morgan fingerprint density at radius 3 is 2.73 bits per heavy atom. The van der Waals surface area contributed by atoms with E-state index in [1.54, 1.807) is 0 Å². The summed E-state index contributed by atoms with van der Waals surface area (Å²) in [6, 6.07) is 2.27. The fraction of sp³-hybridized carbons (Fsp3) is 0.688. The van der Waals surface area contributed by atoms with Crippen LogP contribution in [-0.4, -0.2) is 39.6 Å². The van der Waals surface area contributed by atoms with Gasteiger partial charge in [-0.25, -0.2) is 0 Å². The van der Waals surface area contributed by atoms with Gasteiger partial charge in [-0.2, -0.15) is 5.10 Å². The number of hydrogen-bond acceptors (Lipinski definition) is 3. The molecule has 6 heteroatoms. The van der Waals surface area contributed by atoms with Gasteiger partial charge in [0.25, 0.3) is 5.91 Å². The van der Waals surface area contributed by atoms with Crippen LogP contribution >= 0.6 is 0 Å². The van der Waals surface area contributed by atoms with Gasteiger partial charge in [-0.3, -0.25) is 14.3 Å². The molecule has 22 heavy (non-hydrogen) atoms. The lowest BCUT2D eigenvalue weighted by Crippen LogP contribution is -2.41. The van der Waals surface area contributed by atoms with E-state index in [4.69, 9.17) is 5.73 Å². The van der Waals surface area contributed by atoms with Crippen molar-refractivity contribution in [1.82, 2.24) is 14.7 Å². The Morgan fingerprint density at radius 1 is 1.23 bits per heavy atom. The summed E-state index contributed by atoms with van der Waals surface area (Å²) in [4.78, 5) is 25.5. The maximum absolute atomic E-state index is 12.6. The Morgan fingerprint density at radius 2 is 2.00 bits per heavy atom. The molecule has 2 amide bonds. The van der Waals surface area contributed by atoms with E-state index in [2.05, 4.69) is 5.10 Å². The van der Waals surface area contributed by atoms with Gasteiger partial charge in [-0.05, 0) is 37.7 Å². The van der Waals surface area contributed by atoms with Crippen LogP contribution in [0.4, 0.5) is 0 Å². The average molecular weight is 304 g/mol. The number of nitrogens with zero attached hydrogens (tertiary/aromatic N) is 3. The third kappa shape index (κ3) is 3.31. The zero-order valence-electron chi connectivity index (χ0n) is 12.9. The number of piperidine rings is 1. The quantitative estimate of drug-likeness (QED) is 0.919. The summed E-state index contributed by atoms with van der Waals surface area (Å²) in [6.07, 6.45) is 8.97. The maximum Gasteiger partial charge on any atom is 0.274 e. The van der Waals surface area contributed by atoms with Gasteiger partial charge in [0.05, 0.1) is 6.04 Å². The smallest absolute Gasteiger partial charge is 0.274 e. The van der Waals surface area contributed by atoms with E-state index >= 15 is 0 Å². The van der Waals surface area contributed by atoms with E-state index in [1.807, 2.05) is 21.8 Å². The van der Waals surface area contributed by atoms with Gasteiger partial charge in [0.15, 0.2) is 0 Å². The lowest BCUT2D eigenvalue weighted by molar-refractivity contribution is -0.119. The molecule has 2 fully saturated rings. The predicted molar refractivity (Wildman–Crippen MR) is 82.2 cm³/mol. The Kier molecular flexibility index (Phi) is 4.45. The molecule has 0 spiro atoms. The molecule has 120 valence electrons. The van der Waals surface area contributed by atoms with Crippen LogP contribution in [-0.2, 0) is 4.79 Å². The monoisotopic (exact) mass is 304 g/mol. The topological polar surface area (TPSA) is 81.2 Å². The molecular weight excluding hydrogens is 280 g/mol. The van der Waals surface area contributed by atoms with Crippen LogP contribution in [0.2, 0.25) is 0 Å². The van der Waals surface area contributed by atoms with Gasteiger partial charge in [-0.15, -0.1) is 0 Å². The van der Waals surface area contributed by atoms with Crippen molar-refractivity contribution in [2.24, 2.45) is 11.7 Å². The lowest BCUT2D eigenvalue weighted by atomic mass is 9.94. The highest BCUT2D eigenvalue weighted by Gasteiger charge is 2.27. The second-order valence-electron chi connectivity index (χ2n) is 6.55. The second-order valence-corrected chi connectivity index (χ2v) is 6.55. The number of primary amides is 1. The maximum atomic E-state index is 12.6. The van der Waals surface area contributed by atoms with E-state index in [0.717, 1.165) is 32.2 Å². The summed E-state index contributed by atoms with van der Waals surface area (Å²) < 4.78 is 1.95. The van der Waals surface area contributed by atoms with Crippen molar-refractivity contribution in [3.8, 4) is 0 Å². The molecular formula is C16H24N4O2. The first-order valence-electron chi connectivity index (χ1n) is 8.26. The van der Waals surface area contributed by atoms with Gasteiger partial charge in [0, 0.05) is 25.7 Å². The standard InChI is InChI=1S/C16H24N4O2/c17-15(21)10-12-4-3-8-19(11-12)16(22)14-7-9-20(18-14)13-5-1-2-6-13/h7,9,12-13H,1-6,8,10-11H2,(H2,17,21)/t12-/m1/s1. The largest absolute Gasteiger partial charge is 0.370 e. The van der Waals surface area contributed by atoms with Crippen LogP contribution in [0.1, 0.15) is 61.5 Å². The lowest BCUT2D eigenvalue weighted by Gasteiger charge is -2.31. The highest BCUT2D eigenvalue weighted by Crippen LogP contribution is 2.29. The van der Waals surface area contributed by atoms with Crippen molar-refractivity contribution in [3.05, 3.63) is 18.0 Å². The van der Waals surface area contributed by atoms with Crippen molar-refractivity contribution < 1.29 is 9.59 Å². The average Bonchev–Trinajstić information content (AvgIpc) is 3.17. The Labute approximate surface area is 130 Å². The molecule has 2 N–H and O–H groups in total. The molecule has 1 aromatic rings. The van der Waals surface area contributed by atoms with Crippen LogP contribution in [0.5, 0.6) is 0 Å². The van der Waals surface area contributed by atoms with E-state index < -0.39 is 0 Å². The SMILES string of the molecule is NC(=O)C[C@H]1CCCN(C(=O)c2ccn(C3CCCC3)n2)C1. The van der Waals surface area contributed by atoms with E-state index in [1.165, 1.54) is 12.8 Å². The summed E-state index contributed by atoms with van der Waals surface area (Å²) >= 11 is 0. The second kappa shape index (κ2) is 6.50. The van der Waals surface area contributed by atoms with Crippen LogP contribution in [0.15, 0.2) is 12.3 Å². The van der Waals surface area contributed by atoms with Crippen LogP contribution < -0.4 is 5.73 Å². The van der Waals surface area contributed by atoms with Gasteiger partial charge in [0.1, 0.15) is 5.69 Å². The summed E-state index contributed by atoms with van der Waals surface area (Å²) in [6.45, 7) is 1.35. The van der Waals surface area contributed by atoms with Crippen molar-refractivity contribution >= 4 is 11.8 Å². The molecule has 2 heterocycles. The number of hydrogen-bond donors (Lipinski definition) is 1. The van der Waals surface area contributed by atoms with E-state index in [9.17, 15) is 9.59 Å². The van der Waals surface area contributed by atoms with E-state index in [0.29, 0.717) is 24.7 Å². The minimum Gasteiger partial charge on any atom is -0.370 e. The molecule has 1 aliphatic carbocycles. The first-order valence-corrected chi connectivity index (χ1v) is 8.26. The molecule has 0 radical (unpaired) electrons. The summed E-state index contributed by atoms with van der Waals surface area (Å²) in [7, 11) is 0. The van der Waals surface area contributed by atoms with Crippen LogP contribution in [0, 0.1) is 5.92 Å². The first-order chi connectivity index (χ1) is 10.6. The number of amides is 2. The number of aromatic nitrogens is 2. The minimum atomic E-state index is -0.287. The van der Waals surface area contributed by atoms with Crippen molar-refractivity contribution in [1.29, 1.82) is 0 Å². The Balaban J connectivity index is 1.64. The molecule has 1 saturated carbocycles. The number of nitrogens with two attached hydrogens (primary N) is 1. The fourth-order valence-corrected chi connectivity index (χ4v) is 3.69. The number of carbonyl (C=O) groups excluding carboxylic acids is 2. The number of likely N-dealkylation sites (tertiary alicyclic amines) is 1. The number of rotatable bonds is 4. The van der Waals surface area contributed by atoms with Gasteiger partial charge < -0.3 is 10.6 Å². The van der Waals surface area contributed by atoms with Crippen molar-refractivity contribution in [2.45, 2.75) is 51.0 Å². The van der Waals surface area contributed by atoms with Crippen LogP contribution in [0.3, 0.4) is 0 Å². The zero-order chi connectivity index (χ0) is 15.5. The predicted octanol–water partition coefficient (Wildman–Crippen LogP) is 1.73. The van der Waals surface area contributed by atoms with Gasteiger partial charge in [0.2, 0.25) is 5.91 Å². The first kappa shape index (κ1) is 15.1. The van der Waals surface area contributed by atoms with Gasteiger partial charge >= 0.3 is 0 Å². The molecule has 1 saturated heterocycles. The van der Waals surface area contributed by atoms with Crippen molar-refractivity contribution in [2.75, 3.05) is 13.1 Å². The molecule has 1 aromatic heterocycles. The molecule has 2 aliphatic rings. The third-order valence-electron chi connectivity index (χ3n) is 4.82. The van der Waals surface area contributed by atoms with Crippen molar-refractivity contribution in [3.63, 3.8) is 0 Å². The molecule has 0 aromatic carbocycles. The normalized spacial score (nSPS) is 22.9. The summed E-state index contributed by atoms with van der Waals surface area (Å²) in [5.74, 6) is -0.122. The van der Waals surface area contributed by atoms with Crippen LogP contribution in [0.25, 0.3) is 0 Å². The Hall–Kier alpha value is -1.85. The van der Waals surface area contributed by atoms with E-state index in [-0.39, 0.29) is 17.7 Å².